The number of ether oxygens (including phenoxy) is 1. The number of hydrogen-bond acceptors (Lipinski definition) is 4. The van der Waals surface area contributed by atoms with Crippen LogP contribution in [0.1, 0.15) is 23.1 Å². The van der Waals surface area contributed by atoms with Crippen molar-refractivity contribution in [2.45, 2.75) is 32.1 Å². The van der Waals surface area contributed by atoms with Crippen LogP contribution in [0.3, 0.4) is 0 Å². The van der Waals surface area contributed by atoms with Gasteiger partial charge in [0.2, 0.25) is 15.9 Å². The van der Waals surface area contributed by atoms with Crippen molar-refractivity contribution >= 4 is 21.6 Å². The van der Waals surface area contributed by atoms with Crippen LogP contribution < -0.4 is 14.8 Å². The normalized spacial score (nSPS) is 11.2. The molecule has 6 nitrogen and oxygen atoms in total. The van der Waals surface area contributed by atoms with Gasteiger partial charge in [-0.25, -0.2) is 13.1 Å². The third-order valence-corrected chi connectivity index (χ3v) is 5.52. The summed E-state index contributed by atoms with van der Waals surface area (Å²) in [4.78, 5) is 12.3. The maximum absolute atomic E-state index is 12.3. The zero-order valence-corrected chi connectivity index (χ0v) is 16.2. The highest BCUT2D eigenvalue weighted by molar-refractivity contribution is 7.89. The molecule has 0 unspecified atom stereocenters. The number of sulfonamides is 1. The van der Waals surface area contributed by atoms with Crippen LogP contribution in [0.25, 0.3) is 0 Å². The van der Waals surface area contributed by atoms with E-state index >= 15 is 0 Å². The summed E-state index contributed by atoms with van der Waals surface area (Å²) in [6.07, 6.45) is 0.0150. The van der Waals surface area contributed by atoms with Crippen LogP contribution in [0.15, 0.2) is 41.3 Å². The predicted octanol–water partition coefficient (Wildman–Crippen LogP) is 2.93. The molecule has 7 heteroatoms. The Morgan fingerprint density at radius 2 is 1.77 bits per heavy atom. The van der Waals surface area contributed by atoms with E-state index in [9.17, 15) is 13.2 Å². The Kier molecular flexibility index (Phi) is 6.39. The van der Waals surface area contributed by atoms with Crippen molar-refractivity contribution in [1.82, 2.24) is 4.72 Å². The van der Waals surface area contributed by atoms with E-state index in [1.54, 1.807) is 30.3 Å². The van der Waals surface area contributed by atoms with E-state index in [0.717, 1.165) is 16.7 Å². The van der Waals surface area contributed by atoms with Gasteiger partial charge in [-0.3, -0.25) is 4.79 Å². The van der Waals surface area contributed by atoms with Crippen molar-refractivity contribution in [3.8, 4) is 5.75 Å². The molecule has 140 valence electrons. The van der Waals surface area contributed by atoms with E-state index in [1.165, 1.54) is 7.11 Å². The molecule has 0 aliphatic carbocycles. The number of carbonyl (C=O) groups excluding carboxylic acids is 1. The number of benzene rings is 2. The molecule has 0 heterocycles. The molecule has 0 fully saturated rings. The molecular weight excluding hydrogens is 352 g/mol. The Labute approximate surface area is 154 Å². The fourth-order valence-corrected chi connectivity index (χ4v) is 3.51. The number of rotatable bonds is 7. The summed E-state index contributed by atoms with van der Waals surface area (Å²) in [7, 11) is -2.12. The summed E-state index contributed by atoms with van der Waals surface area (Å²) in [5.74, 6) is 0.261. The molecule has 0 radical (unpaired) electrons. The van der Waals surface area contributed by atoms with Crippen LogP contribution in [0.4, 0.5) is 5.69 Å². The minimum Gasteiger partial charge on any atom is -0.495 e. The van der Waals surface area contributed by atoms with Gasteiger partial charge in [-0.05, 0) is 61.7 Å². The van der Waals surface area contributed by atoms with E-state index in [-0.39, 0.29) is 23.8 Å². The van der Waals surface area contributed by atoms with E-state index < -0.39 is 10.0 Å². The number of methoxy groups -OCH3 is 1. The summed E-state index contributed by atoms with van der Waals surface area (Å²) in [5.41, 5.74) is 3.47. The molecule has 0 bridgehead atoms. The van der Waals surface area contributed by atoms with E-state index in [1.807, 2.05) is 26.8 Å². The van der Waals surface area contributed by atoms with Crippen LogP contribution in [0, 0.1) is 20.8 Å². The number of amides is 1. The smallest absolute Gasteiger partial charge is 0.240 e. The van der Waals surface area contributed by atoms with Crippen molar-refractivity contribution in [3.63, 3.8) is 0 Å². The molecule has 0 saturated heterocycles. The molecule has 0 aromatic heterocycles. The molecule has 2 aromatic carbocycles. The first-order valence-corrected chi connectivity index (χ1v) is 9.72. The lowest BCUT2D eigenvalue weighted by atomic mass is 10.1. The van der Waals surface area contributed by atoms with Gasteiger partial charge >= 0.3 is 0 Å². The first kappa shape index (κ1) is 19.9. The van der Waals surface area contributed by atoms with Gasteiger partial charge in [0.15, 0.2) is 0 Å². The lowest BCUT2D eigenvalue weighted by Gasteiger charge is -2.12. The molecular formula is C19H24N2O4S. The van der Waals surface area contributed by atoms with Crippen molar-refractivity contribution in [1.29, 1.82) is 0 Å². The first-order valence-electron chi connectivity index (χ1n) is 8.24. The molecule has 2 aromatic rings. The first-order chi connectivity index (χ1) is 12.2. The molecule has 1 amide bonds. The Bertz CT molecular complexity index is 908. The number of hydrogen-bond donors (Lipinski definition) is 2. The zero-order valence-electron chi connectivity index (χ0n) is 15.4. The van der Waals surface area contributed by atoms with E-state index in [4.69, 9.17) is 4.74 Å². The predicted molar refractivity (Wildman–Crippen MR) is 102 cm³/mol. The van der Waals surface area contributed by atoms with Gasteiger partial charge < -0.3 is 10.1 Å². The maximum Gasteiger partial charge on any atom is 0.240 e. The Balaban J connectivity index is 1.95. The summed E-state index contributed by atoms with van der Waals surface area (Å²) in [6.45, 7) is 5.70. The van der Waals surface area contributed by atoms with Gasteiger partial charge in [-0.2, -0.15) is 0 Å². The summed E-state index contributed by atoms with van der Waals surface area (Å²) in [5, 5.41) is 2.75. The Morgan fingerprint density at radius 1 is 1.04 bits per heavy atom. The highest BCUT2D eigenvalue weighted by Gasteiger charge is 2.15. The number of aryl methyl sites for hydroxylation is 3. The van der Waals surface area contributed by atoms with Gasteiger partial charge in [-0.15, -0.1) is 0 Å². The van der Waals surface area contributed by atoms with Crippen molar-refractivity contribution in [2.75, 3.05) is 19.0 Å². The maximum atomic E-state index is 12.3. The van der Waals surface area contributed by atoms with Crippen LogP contribution in [0.5, 0.6) is 5.75 Å². The van der Waals surface area contributed by atoms with Gasteiger partial charge in [-0.1, -0.05) is 12.1 Å². The standard InChI is InChI=1S/C19H24N2O4S/c1-13-5-8-18(25-4)17(11-13)21-19(22)9-10-20-26(23,24)16-7-6-14(2)15(3)12-16/h5-8,11-12,20H,9-10H2,1-4H3,(H,21,22). The quantitative estimate of drug-likeness (QED) is 0.778. The Morgan fingerprint density at radius 3 is 2.42 bits per heavy atom. The summed E-state index contributed by atoms with van der Waals surface area (Å²) >= 11 is 0. The molecule has 2 N–H and O–H groups in total. The van der Waals surface area contributed by atoms with Crippen LogP contribution >= 0.6 is 0 Å². The number of anilines is 1. The molecule has 0 aliphatic heterocycles. The fourth-order valence-electron chi connectivity index (χ4n) is 2.40. The third-order valence-electron chi connectivity index (χ3n) is 4.06. The second-order valence-electron chi connectivity index (χ2n) is 6.15. The SMILES string of the molecule is COc1ccc(C)cc1NC(=O)CCNS(=O)(=O)c1ccc(C)c(C)c1. The van der Waals surface area contributed by atoms with Crippen LogP contribution in [-0.2, 0) is 14.8 Å². The van der Waals surface area contributed by atoms with Gasteiger partial charge in [0.1, 0.15) is 5.75 Å². The highest BCUT2D eigenvalue weighted by atomic mass is 32.2. The largest absolute Gasteiger partial charge is 0.495 e. The number of carbonyl (C=O) groups is 1. The van der Waals surface area contributed by atoms with Gasteiger partial charge in [0, 0.05) is 13.0 Å². The zero-order chi connectivity index (χ0) is 19.3. The fraction of sp³-hybridized carbons (Fsp3) is 0.316. The molecule has 0 aliphatic rings. The van der Waals surface area contributed by atoms with E-state index in [0.29, 0.717) is 11.4 Å². The number of nitrogens with one attached hydrogen (secondary N) is 2. The van der Waals surface area contributed by atoms with Crippen LogP contribution in [-0.4, -0.2) is 28.0 Å². The monoisotopic (exact) mass is 376 g/mol. The average molecular weight is 376 g/mol. The lowest BCUT2D eigenvalue weighted by Crippen LogP contribution is -2.28. The van der Waals surface area contributed by atoms with E-state index in [2.05, 4.69) is 10.0 Å². The average Bonchev–Trinajstić information content (AvgIpc) is 2.57. The van der Waals surface area contributed by atoms with Crippen molar-refractivity contribution < 1.29 is 17.9 Å². The second kappa shape index (κ2) is 8.33. The lowest BCUT2D eigenvalue weighted by molar-refractivity contribution is -0.116. The summed E-state index contributed by atoms with van der Waals surface area (Å²) < 4.78 is 32.3. The molecule has 0 spiro atoms. The topological polar surface area (TPSA) is 84.5 Å². The third kappa shape index (κ3) is 5.06. The summed E-state index contributed by atoms with van der Waals surface area (Å²) in [6, 6.07) is 10.4. The molecule has 26 heavy (non-hydrogen) atoms. The van der Waals surface area contributed by atoms with Crippen molar-refractivity contribution in [2.24, 2.45) is 0 Å². The second-order valence-corrected chi connectivity index (χ2v) is 7.91. The van der Waals surface area contributed by atoms with Crippen LogP contribution in [0.2, 0.25) is 0 Å². The van der Waals surface area contributed by atoms with Crippen molar-refractivity contribution in [3.05, 3.63) is 53.1 Å². The van der Waals surface area contributed by atoms with Gasteiger partial charge in [0.25, 0.3) is 0 Å². The highest BCUT2D eigenvalue weighted by Crippen LogP contribution is 2.25. The molecule has 0 atom stereocenters. The minimum atomic E-state index is -3.64. The minimum absolute atomic E-state index is 0.00915. The molecule has 2 rings (SSSR count). The van der Waals surface area contributed by atoms with Gasteiger partial charge in [0.05, 0.1) is 17.7 Å². The Hall–Kier alpha value is -2.38. The molecule has 0 saturated carbocycles.